The van der Waals surface area contributed by atoms with Crippen LogP contribution in [0.25, 0.3) is 0 Å². The van der Waals surface area contributed by atoms with E-state index < -0.39 is 0 Å². The Hall–Kier alpha value is 0.230. The van der Waals surface area contributed by atoms with E-state index in [4.69, 9.17) is 0 Å². The molecule has 1 saturated heterocycles. The van der Waals surface area contributed by atoms with Gasteiger partial charge in [0.2, 0.25) is 0 Å². The van der Waals surface area contributed by atoms with Crippen molar-refractivity contribution in [1.82, 2.24) is 10.2 Å². The van der Waals surface area contributed by atoms with Gasteiger partial charge in [0.15, 0.2) is 0 Å². The van der Waals surface area contributed by atoms with Gasteiger partial charge >= 0.3 is 0 Å². The van der Waals surface area contributed by atoms with Crippen molar-refractivity contribution in [2.45, 2.75) is 32.2 Å². The van der Waals surface area contributed by atoms with Crippen LogP contribution in [0.5, 0.6) is 0 Å². The SMILES string of the molecule is CCN(CC)CCNC1(CO)CCCSC1. The second-order valence-corrected chi connectivity index (χ2v) is 5.65. The summed E-state index contributed by atoms with van der Waals surface area (Å²) in [6, 6.07) is 0. The molecule has 0 aliphatic carbocycles. The molecular weight excluding hydrogens is 220 g/mol. The summed E-state index contributed by atoms with van der Waals surface area (Å²) in [4.78, 5) is 2.41. The molecule has 1 aliphatic rings. The molecule has 0 saturated carbocycles. The van der Waals surface area contributed by atoms with Crippen LogP contribution < -0.4 is 5.32 Å². The number of aliphatic hydroxyl groups excluding tert-OH is 1. The predicted octanol–water partition coefficient (Wildman–Crippen LogP) is 1.18. The molecular formula is C12H26N2OS. The van der Waals surface area contributed by atoms with Gasteiger partial charge < -0.3 is 15.3 Å². The van der Waals surface area contributed by atoms with Crippen molar-refractivity contribution in [3.05, 3.63) is 0 Å². The average molecular weight is 246 g/mol. The Morgan fingerprint density at radius 2 is 2.12 bits per heavy atom. The van der Waals surface area contributed by atoms with E-state index in [0.29, 0.717) is 0 Å². The van der Waals surface area contributed by atoms with Gasteiger partial charge in [0.1, 0.15) is 0 Å². The highest BCUT2D eigenvalue weighted by atomic mass is 32.2. The molecule has 4 heteroatoms. The van der Waals surface area contributed by atoms with Crippen molar-refractivity contribution in [3.63, 3.8) is 0 Å². The molecule has 1 aliphatic heterocycles. The molecule has 1 fully saturated rings. The van der Waals surface area contributed by atoms with Crippen molar-refractivity contribution >= 4 is 11.8 Å². The van der Waals surface area contributed by atoms with Gasteiger partial charge in [-0.15, -0.1) is 0 Å². The summed E-state index contributed by atoms with van der Waals surface area (Å²) in [5.74, 6) is 2.31. The van der Waals surface area contributed by atoms with Crippen LogP contribution in [0.1, 0.15) is 26.7 Å². The second kappa shape index (κ2) is 7.54. The van der Waals surface area contributed by atoms with E-state index in [2.05, 4.69) is 24.1 Å². The van der Waals surface area contributed by atoms with Gasteiger partial charge in [-0.05, 0) is 31.7 Å². The van der Waals surface area contributed by atoms with Crippen LogP contribution in [0.2, 0.25) is 0 Å². The van der Waals surface area contributed by atoms with Gasteiger partial charge in [-0.1, -0.05) is 13.8 Å². The third-order valence-electron chi connectivity index (χ3n) is 3.45. The Balaban J connectivity index is 2.27. The van der Waals surface area contributed by atoms with Crippen LogP contribution in [-0.2, 0) is 0 Å². The minimum atomic E-state index is -0.00390. The van der Waals surface area contributed by atoms with E-state index >= 15 is 0 Å². The number of aliphatic hydroxyl groups is 1. The van der Waals surface area contributed by atoms with Crippen LogP contribution in [0, 0.1) is 0 Å². The third kappa shape index (κ3) is 4.24. The number of nitrogens with one attached hydrogen (secondary N) is 1. The third-order valence-corrected chi connectivity index (χ3v) is 4.78. The molecule has 96 valence electrons. The molecule has 0 spiro atoms. The van der Waals surface area contributed by atoms with E-state index in [1.807, 2.05) is 11.8 Å². The minimum Gasteiger partial charge on any atom is -0.394 e. The molecule has 0 aromatic heterocycles. The molecule has 0 aromatic rings. The Labute approximate surface area is 104 Å². The number of hydrogen-bond acceptors (Lipinski definition) is 4. The minimum absolute atomic E-state index is 0.00390. The summed E-state index contributed by atoms with van der Waals surface area (Å²) in [5.41, 5.74) is -0.00390. The maximum atomic E-state index is 9.53. The topological polar surface area (TPSA) is 35.5 Å². The second-order valence-electron chi connectivity index (χ2n) is 4.55. The van der Waals surface area contributed by atoms with Crippen molar-refractivity contribution in [2.24, 2.45) is 0 Å². The number of likely N-dealkylation sites (N-methyl/N-ethyl adjacent to an activating group) is 1. The Morgan fingerprint density at radius 1 is 1.38 bits per heavy atom. The van der Waals surface area contributed by atoms with Gasteiger partial charge in [0, 0.05) is 18.8 Å². The fourth-order valence-corrected chi connectivity index (χ4v) is 3.41. The highest BCUT2D eigenvalue weighted by Crippen LogP contribution is 2.26. The maximum Gasteiger partial charge on any atom is 0.0621 e. The van der Waals surface area contributed by atoms with Gasteiger partial charge in [-0.3, -0.25) is 0 Å². The van der Waals surface area contributed by atoms with Crippen molar-refractivity contribution in [1.29, 1.82) is 0 Å². The van der Waals surface area contributed by atoms with Crippen molar-refractivity contribution < 1.29 is 5.11 Å². The molecule has 16 heavy (non-hydrogen) atoms. The smallest absolute Gasteiger partial charge is 0.0621 e. The van der Waals surface area contributed by atoms with E-state index in [9.17, 15) is 5.11 Å². The Morgan fingerprint density at radius 3 is 2.62 bits per heavy atom. The highest BCUT2D eigenvalue weighted by Gasteiger charge is 2.30. The zero-order valence-electron chi connectivity index (χ0n) is 10.7. The normalized spacial score (nSPS) is 26.2. The van der Waals surface area contributed by atoms with Crippen molar-refractivity contribution in [3.8, 4) is 0 Å². The lowest BCUT2D eigenvalue weighted by atomic mass is 9.96. The first-order valence-corrected chi connectivity index (χ1v) is 7.58. The van der Waals surface area contributed by atoms with Crippen LogP contribution in [-0.4, -0.2) is 59.8 Å². The number of thioether (sulfide) groups is 1. The fraction of sp³-hybridized carbons (Fsp3) is 1.00. The number of rotatable bonds is 7. The van der Waals surface area contributed by atoms with Crippen molar-refractivity contribution in [2.75, 3.05) is 44.3 Å². The zero-order chi connectivity index (χ0) is 11.9. The predicted molar refractivity (Wildman–Crippen MR) is 72.2 cm³/mol. The van der Waals surface area contributed by atoms with E-state index in [0.717, 1.165) is 38.4 Å². The molecule has 0 bridgehead atoms. The van der Waals surface area contributed by atoms with Crippen LogP contribution in [0.4, 0.5) is 0 Å². The molecule has 2 N–H and O–H groups in total. The lowest BCUT2D eigenvalue weighted by Crippen LogP contribution is -2.54. The molecule has 1 unspecified atom stereocenters. The molecule has 1 rings (SSSR count). The fourth-order valence-electron chi connectivity index (χ4n) is 2.19. The number of nitrogens with zero attached hydrogens (tertiary/aromatic N) is 1. The van der Waals surface area contributed by atoms with E-state index in [-0.39, 0.29) is 12.1 Å². The summed E-state index contributed by atoms with van der Waals surface area (Å²) in [5, 5.41) is 13.1. The summed E-state index contributed by atoms with van der Waals surface area (Å²) >= 11 is 1.96. The summed E-state index contributed by atoms with van der Waals surface area (Å²) in [6.45, 7) is 8.96. The summed E-state index contributed by atoms with van der Waals surface area (Å²) in [6.07, 6.45) is 2.35. The first-order valence-electron chi connectivity index (χ1n) is 6.42. The maximum absolute atomic E-state index is 9.53. The van der Waals surface area contributed by atoms with E-state index in [1.165, 1.54) is 12.2 Å². The summed E-state index contributed by atoms with van der Waals surface area (Å²) in [7, 11) is 0. The van der Waals surface area contributed by atoms with Gasteiger partial charge in [0.25, 0.3) is 0 Å². The quantitative estimate of drug-likeness (QED) is 0.707. The highest BCUT2D eigenvalue weighted by molar-refractivity contribution is 7.99. The van der Waals surface area contributed by atoms with Crippen LogP contribution in [0.15, 0.2) is 0 Å². The molecule has 0 radical (unpaired) electrons. The molecule has 3 nitrogen and oxygen atoms in total. The molecule has 1 atom stereocenters. The zero-order valence-corrected chi connectivity index (χ0v) is 11.5. The van der Waals surface area contributed by atoms with Gasteiger partial charge in [0.05, 0.1) is 12.1 Å². The standard InChI is InChI=1S/C12H26N2OS/c1-3-14(4-2)8-7-13-12(10-15)6-5-9-16-11-12/h13,15H,3-11H2,1-2H3. The Kier molecular flexibility index (Phi) is 6.73. The lowest BCUT2D eigenvalue weighted by molar-refractivity contribution is 0.160. The Bertz CT molecular complexity index is 180. The van der Waals surface area contributed by atoms with Crippen LogP contribution in [0.3, 0.4) is 0 Å². The summed E-state index contributed by atoms with van der Waals surface area (Å²) < 4.78 is 0. The first-order chi connectivity index (χ1) is 7.76. The van der Waals surface area contributed by atoms with Crippen LogP contribution >= 0.6 is 11.8 Å². The monoisotopic (exact) mass is 246 g/mol. The average Bonchev–Trinajstić information content (AvgIpc) is 2.36. The molecule has 0 amide bonds. The lowest BCUT2D eigenvalue weighted by Gasteiger charge is -2.37. The largest absolute Gasteiger partial charge is 0.394 e. The molecule has 0 aromatic carbocycles. The van der Waals surface area contributed by atoms with E-state index in [1.54, 1.807) is 0 Å². The van der Waals surface area contributed by atoms with Gasteiger partial charge in [-0.2, -0.15) is 11.8 Å². The van der Waals surface area contributed by atoms with Gasteiger partial charge in [-0.25, -0.2) is 0 Å². The molecule has 1 heterocycles. The number of hydrogen-bond donors (Lipinski definition) is 2. The first kappa shape index (κ1) is 14.3.